The first-order valence-corrected chi connectivity index (χ1v) is 9.94. The van der Waals surface area contributed by atoms with E-state index in [-0.39, 0.29) is 18.9 Å². The van der Waals surface area contributed by atoms with Crippen molar-refractivity contribution in [1.82, 2.24) is 10.0 Å². The first-order valence-electron chi connectivity index (χ1n) is 8.05. The second-order valence-electron chi connectivity index (χ2n) is 6.14. The third kappa shape index (κ3) is 5.92. The molecule has 26 heavy (non-hydrogen) atoms. The van der Waals surface area contributed by atoms with Crippen LogP contribution in [0.2, 0.25) is 0 Å². The van der Waals surface area contributed by atoms with Crippen LogP contribution >= 0.6 is 0 Å². The molecule has 0 saturated carbocycles. The Bertz CT molecular complexity index is 708. The molecule has 1 aromatic carbocycles. The van der Waals surface area contributed by atoms with Crippen molar-refractivity contribution < 1.29 is 32.9 Å². The smallest absolute Gasteiger partial charge is 0.222 e. The summed E-state index contributed by atoms with van der Waals surface area (Å²) in [6.45, 7) is 0.119. The number of sulfonamides is 1. The summed E-state index contributed by atoms with van der Waals surface area (Å²) in [7, 11) is -1.88. The Morgan fingerprint density at radius 2 is 1.81 bits per heavy atom. The van der Waals surface area contributed by atoms with Crippen molar-refractivity contribution in [3.8, 4) is 5.75 Å². The summed E-state index contributed by atoms with van der Waals surface area (Å²) in [5, 5.41) is 22.7. The van der Waals surface area contributed by atoms with Gasteiger partial charge in [0.15, 0.2) is 0 Å². The molecule has 1 fully saturated rings. The second kappa shape index (κ2) is 8.78. The molecule has 4 N–H and O–H groups in total. The lowest BCUT2D eigenvalue weighted by atomic mass is 10.1. The molecular weight excluding hydrogens is 364 g/mol. The number of benzene rings is 1. The van der Waals surface area contributed by atoms with Gasteiger partial charge in [0.25, 0.3) is 0 Å². The van der Waals surface area contributed by atoms with Crippen molar-refractivity contribution in [3.05, 3.63) is 29.8 Å². The molecule has 2 rings (SSSR count). The molecule has 146 valence electrons. The number of carbonyl (C=O) groups is 1. The molecule has 1 amide bonds. The van der Waals surface area contributed by atoms with Gasteiger partial charge in [-0.3, -0.25) is 4.79 Å². The van der Waals surface area contributed by atoms with Crippen LogP contribution in [-0.2, 0) is 26.1 Å². The van der Waals surface area contributed by atoms with Crippen LogP contribution < -0.4 is 14.8 Å². The quantitative estimate of drug-likeness (QED) is 0.437. The normalized spacial score (nSPS) is 25.8. The number of hydrogen-bond acceptors (Lipinski definition) is 7. The minimum atomic E-state index is -3.45. The lowest BCUT2D eigenvalue weighted by Gasteiger charge is -2.14. The average Bonchev–Trinajstić information content (AvgIpc) is 2.86. The molecule has 1 aromatic rings. The molecule has 0 spiro atoms. The number of amides is 1. The molecule has 0 bridgehead atoms. The van der Waals surface area contributed by atoms with Crippen molar-refractivity contribution in [2.24, 2.45) is 0 Å². The molecule has 10 heteroatoms. The molecule has 0 aromatic heterocycles. The van der Waals surface area contributed by atoms with Gasteiger partial charge in [0.1, 0.15) is 24.1 Å². The van der Waals surface area contributed by atoms with Gasteiger partial charge in [-0.2, -0.15) is 0 Å². The largest absolute Gasteiger partial charge is 0.497 e. The Labute approximate surface area is 152 Å². The topological polar surface area (TPSA) is 134 Å². The van der Waals surface area contributed by atoms with E-state index in [4.69, 9.17) is 9.47 Å². The van der Waals surface area contributed by atoms with Crippen LogP contribution in [0.25, 0.3) is 0 Å². The minimum Gasteiger partial charge on any atom is -0.497 e. The highest BCUT2D eigenvalue weighted by Crippen LogP contribution is 2.23. The van der Waals surface area contributed by atoms with E-state index in [2.05, 4.69) is 10.0 Å². The standard InChI is InChI=1S/C16H24N2O7S/c1-24-11-5-3-10(4-6-11)8-17-14(19)7-12-15(20)16(21)13(25-12)9-18-26(2,22)23/h3-6,12-13,15-16,18,20-21H,7-9H2,1-2H3,(H,17,19)/t12-,13+,15-,16+/m0/s1. The van der Waals surface area contributed by atoms with Crippen LogP contribution in [0.3, 0.4) is 0 Å². The van der Waals surface area contributed by atoms with E-state index >= 15 is 0 Å². The van der Waals surface area contributed by atoms with Crippen molar-refractivity contribution in [2.45, 2.75) is 37.4 Å². The number of nitrogens with one attached hydrogen (secondary N) is 2. The molecule has 0 unspecified atom stereocenters. The Balaban J connectivity index is 1.82. The number of ether oxygens (including phenoxy) is 2. The average molecular weight is 388 g/mol. The van der Waals surface area contributed by atoms with Crippen LogP contribution in [-0.4, -0.2) is 68.9 Å². The molecular formula is C16H24N2O7S. The van der Waals surface area contributed by atoms with Gasteiger partial charge in [0, 0.05) is 13.1 Å². The number of aliphatic hydroxyl groups is 2. The number of methoxy groups -OCH3 is 1. The van der Waals surface area contributed by atoms with Crippen LogP contribution in [0.4, 0.5) is 0 Å². The van der Waals surface area contributed by atoms with Gasteiger partial charge in [-0.05, 0) is 17.7 Å². The van der Waals surface area contributed by atoms with Crippen LogP contribution in [0, 0.1) is 0 Å². The highest BCUT2D eigenvalue weighted by Gasteiger charge is 2.43. The molecule has 0 radical (unpaired) electrons. The van der Waals surface area contributed by atoms with Gasteiger partial charge in [0.2, 0.25) is 15.9 Å². The SMILES string of the molecule is COc1ccc(CNC(=O)C[C@@H]2O[C@H](CNS(C)(=O)=O)[C@@H](O)[C@H]2O)cc1. The van der Waals surface area contributed by atoms with Crippen molar-refractivity contribution in [1.29, 1.82) is 0 Å². The Morgan fingerprint density at radius 3 is 2.38 bits per heavy atom. The fourth-order valence-corrected chi connectivity index (χ4v) is 3.06. The third-order valence-electron chi connectivity index (χ3n) is 4.04. The van der Waals surface area contributed by atoms with E-state index in [0.29, 0.717) is 12.3 Å². The van der Waals surface area contributed by atoms with Gasteiger partial charge in [-0.15, -0.1) is 0 Å². The monoisotopic (exact) mass is 388 g/mol. The first-order chi connectivity index (χ1) is 12.2. The number of rotatable bonds is 8. The van der Waals surface area contributed by atoms with E-state index in [0.717, 1.165) is 11.8 Å². The highest BCUT2D eigenvalue weighted by atomic mass is 32.2. The van der Waals surface area contributed by atoms with Crippen molar-refractivity contribution in [2.75, 3.05) is 19.9 Å². The summed E-state index contributed by atoms with van der Waals surface area (Å²) in [6, 6.07) is 7.19. The van der Waals surface area contributed by atoms with Gasteiger partial charge in [0.05, 0.1) is 25.9 Å². The highest BCUT2D eigenvalue weighted by molar-refractivity contribution is 7.88. The zero-order valence-electron chi connectivity index (χ0n) is 14.6. The van der Waals surface area contributed by atoms with Crippen molar-refractivity contribution in [3.63, 3.8) is 0 Å². The summed E-state index contributed by atoms with van der Waals surface area (Å²) in [5.41, 5.74) is 0.877. The Kier molecular flexibility index (Phi) is 6.95. The van der Waals surface area contributed by atoms with E-state index < -0.39 is 34.4 Å². The molecule has 0 aliphatic carbocycles. The molecule has 1 aliphatic heterocycles. The molecule has 1 saturated heterocycles. The zero-order chi connectivity index (χ0) is 19.3. The maximum Gasteiger partial charge on any atom is 0.222 e. The van der Waals surface area contributed by atoms with Crippen LogP contribution in [0.15, 0.2) is 24.3 Å². The lowest BCUT2D eigenvalue weighted by molar-refractivity contribution is -0.125. The first kappa shape index (κ1) is 20.6. The molecule has 1 heterocycles. The second-order valence-corrected chi connectivity index (χ2v) is 7.98. The number of hydrogen-bond donors (Lipinski definition) is 4. The number of carbonyl (C=O) groups excluding carboxylic acids is 1. The summed E-state index contributed by atoms with van der Waals surface area (Å²) in [6.07, 6.45) is -3.54. The van der Waals surface area contributed by atoms with E-state index in [1.807, 2.05) is 12.1 Å². The molecule has 1 aliphatic rings. The Hall–Kier alpha value is -1.72. The zero-order valence-corrected chi connectivity index (χ0v) is 15.4. The van der Waals surface area contributed by atoms with Gasteiger partial charge < -0.3 is 25.0 Å². The molecule has 4 atom stereocenters. The van der Waals surface area contributed by atoms with E-state index in [1.165, 1.54) is 0 Å². The summed E-state index contributed by atoms with van der Waals surface area (Å²) in [4.78, 5) is 12.1. The summed E-state index contributed by atoms with van der Waals surface area (Å²) in [5.74, 6) is 0.360. The van der Waals surface area contributed by atoms with E-state index in [1.54, 1.807) is 19.2 Å². The Morgan fingerprint density at radius 1 is 1.19 bits per heavy atom. The predicted octanol–water partition coefficient (Wildman–Crippen LogP) is -1.26. The maximum atomic E-state index is 12.1. The van der Waals surface area contributed by atoms with Crippen LogP contribution in [0.1, 0.15) is 12.0 Å². The predicted molar refractivity (Wildman–Crippen MR) is 93.0 cm³/mol. The summed E-state index contributed by atoms with van der Waals surface area (Å²) >= 11 is 0. The lowest BCUT2D eigenvalue weighted by Crippen LogP contribution is -2.39. The van der Waals surface area contributed by atoms with E-state index in [9.17, 15) is 23.4 Å². The maximum absolute atomic E-state index is 12.1. The fraction of sp³-hybridized carbons (Fsp3) is 0.562. The third-order valence-corrected chi connectivity index (χ3v) is 4.73. The summed E-state index contributed by atoms with van der Waals surface area (Å²) < 4.78 is 34.9. The molecule has 9 nitrogen and oxygen atoms in total. The van der Waals surface area contributed by atoms with Gasteiger partial charge in [-0.25, -0.2) is 13.1 Å². The van der Waals surface area contributed by atoms with Gasteiger partial charge >= 0.3 is 0 Å². The number of aliphatic hydroxyl groups excluding tert-OH is 2. The minimum absolute atomic E-state index is 0.149. The van der Waals surface area contributed by atoms with Gasteiger partial charge in [-0.1, -0.05) is 12.1 Å². The van der Waals surface area contributed by atoms with Crippen molar-refractivity contribution >= 4 is 15.9 Å². The van der Waals surface area contributed by atoms with Crippen LogP contribution in [0.5, 0.6) is 5.75 Å². The fourth-order valence-electron chi connectivity index (χ4n) is 2.60.